The molecule has 0 unspecified atom stereocenters. The largest absolute Gasteiger partial charge is 0.368 e. The zero-order valence-electron chi connectivity index (χ0n) is 12.3. The fourth-order valence-electron chi connectivity index (χ4n) is 2.58. The van der Waals surface area contributed by atoms with E-state index in [4.69, 9.17) is 9.26 Å². The van der Waals surface area contributed by atoms with Gasteiger partial charge in [-0.25, -0.2) is 0 Å². The van der Waals surface area contributed by atoms with Gasteiger partial charge in [-0.05, 0) is 30.4 Å². The van der Waals surface area contributed by atoms with E-state index in [1.54, 1.807) is 0 Å². The Bertz CT molecular complexity index is 803. The highest BCUT2D eigenvalue weighted by Crippen LogP contribution is 2.27. The number of rotatable bonds is 4. The van der Waals surface area contributed by atoms with Crippen LogP contribution < -0.4 is 5.32 Å². The number of ether oxygens (including phenoxy) is 1. The summed E-state index contributed by atoms with van der Waals surface area (Å²) in [6.07, 6.45) is 1.80. The molecule has 1 aliphatic rings. The maximum atomic E-state index is 12.2. The van der Waals surface area contributed by atoms with Gasteiger partial charge in [0.1, 0.15) is 6.10 Å². The third-order valence-corrected chi connectivity index (χ3v) is 4.86. The van der Waals surface area contributed by atoms with Crippen molar-refractivity contribution in [3.63, 3.8) is 0 Å². The van der Waals surface area contributed by atoms with Crippen molar-refractivity contribution < 1.29 is 14.1 Å². The maximum Gasteiger partial charge on any atom is 0.261 e. The molecule has 1 N–H and O–H groups in total. The van der Waals surface area contributed by atoms with Crippen molar-refractivity contribution in [1.82, 2.24) is 15.5 Å². The minimum Gasteiger partial charge on any atom is -0.368 e. The number of amides is 1. The van der Waals surface area contributed by atoms with Crippen LogP contribution in [-0.2, 0) is 11.3 Å². The molecule has 1 saturated heterocycles. The number of carbonyl (C=O) groups excluding carboxylic acids is 1. The second-order valence-electron chi connectivity index (χ2n) is 5.38. The second-order valence-corrected chi connectivity index (χ2v) is 6.47. The summed E-state index contributed by atoms with van der Waals surface area (Å²) in [6, 6.07) is 9.82. The van der Waals surface area contributed by atoms with Crippen LogP contribution in [0.15, 0.2) is 34.9 Å². The molecule has 118 valence electrons. The zero-order valence-corrected chi connectivity index (χ0v) is 13.1. The Balaban J connectivity index is 1.41. The fourth-order valence-corrected chi connectivity index (χ4v) is 3.56. The Hall–Kier alpha value is -2.25. The predicted octanol–water partition coefficient (Wildman–Crippen LogP) is 3.07. The van der Waals surface area contributed by atoms with Crippen molar-refractivity contribution in [3.05, 3.63) is 46.9 Å². The molecule has 7 heteroatoms. The van der Waals surface area contributed by atoms with Gasteiger partial charge in [-0.1, -0.05) is 23.4 Å². The number of hydrogen-bond acceptors (Lipinski definition) is 6. The van der Waals surface area contributed by atoms with Crippen molar-refractivity contribution in [2.75, 3.05) is 6.61 Å². The number of thiophene rings is 1. The number of carbonyl (C=O) groups is 1. The molecule has 23 heavy (non-hydrogen) atoms. The van der Waals surface area contributed by atoms with Crippen LogP contribution in [0.2, 0.25) is 0 Å². The molecular weight excluding hydrogens is 314 g/mol. The Morgan fingerprint density at radius 2 is 2.30 bits per heavy atom. The van der Waals surface area contributed by atoms with Crippen molar-refractivity contribution in [3.8, 4) is 0 Å². The molecule has 2 aromatic heterocycles. The van der Waals surface area contributed by atoms with E-state index in [-0.39, 0.29) is 18.6 Å². The quantitative estimate of drug-likeness (QED) is 0.796. The Labute approximate surface area is 136 Å². The number of hydrogen-bond donors (Lipinski definition) is 1. The van der Waals surface area contributed by atoms with Gasteiger partial charge in [-0.2, -0.15) is 4.98 Å². The average molecular weight is 329 g/mol. The monoisotopic (exact) mass is 329 g/mol. The fraction of sp³-hybridized carbons (Fsp3) is 0.312. The third kappa shape index (κ3) is 2.97. The molecule has 3 heterocycles. The van der Waals surface area contributed by atoms with E-state index in [9.17, 15) is 4.79 Å². The molecule has 6 nitrogen and oxygen atoms in total. The molecule has 1 fully saturated rings. The molecular formula is C16H15N3O3S. The minimum atomic E-state index is -0.130. The van der Waals surface area contributed by atoms with Crippen LogP contribution in [0.1, 0.15) is 40.3 Å². The lowest BCUT2D eigenvalue weighted by atomic mass is 10.2. The van der Waals surface area contributed by atoms with Gasteiger partial charge in [0.25, 0.3) is 11.8 Å². The third-order valence-electron chi connectivity index (χ3n) is 3.75. The van der Waals surface area contributed by atoms with Crippen LogP contribution in [0.25, 0.3) is 10.1 Å². The molecule has 0 aliphatic carbocycles. The summed E-state index contributed by atoms with van der Waals surface area (Å²) in [5, 5.41) is 7.79. The van der Waals surface area contributed by atoms with Gasteiger partial charge in [0.2, 0.25) is 0 Å². The number of aromatic nitrogens is 2. The lowest BCUT2D eigenvalue weighted by Gasteiger charge is -2.01. The first-order chi connectivity index (χ1) is 11.3. The zero-order chi connectivity index (χ0) is 15.6. The van der Waals surface area contributed by atoms with Crippen LogP contribution in [0.5, 0.6) is 0 Å². The standard InChI is InChI=1S/C16H15N3O3S/c20-15(13-8-10-4-1-2-6-12(10)23-13)17-9-14-18-16(22-19-14)11-5-3-7-21-11/h1-2,4,6,8,11H,3,5,7,9H2,(H,17,20)/t11-/m0/s1. The summed E-state index contributed by atoms with van der Waals surface area (Å²) in [4.78, 5) is 17.2. The number of nitrogens with one attached hydrogen (secondary N) is 1. The van der Waals surface area contributed by atoms with Gasteiger partial charge in [0, 0.05) is 11.3 Å². The SMILES string of the molecule is O=C(NCc1noc([C@@H]2CCCO2)n1)c1cc2ccccc2s1. The van der Waals surface area contributed by atoms with Crippen molar-refractivity contribution >= 4 is 27.3 Å². The summed E-state index contributed by atoms with van der Waals surface area (Å²) < 4.78 is 11.8. The number of benzene rings is 1. The van der Waals surface area contributed by atoms with Crippen LogP contribution in [0.4, 0.5) is 0 Å². The van der Waals surface area contributed by atoms with Gasteiger partial charge in [-0.3, -0.25) is 4.79 Å². The lowest BCUT2D eigenvalue weighted by molar-refractivity contribution is 0.0835. The van der Waals surface area contributed by atoms with E-state index < -0.39 is 0 Å². The highest BCUT2D eigenvalue weighted by atomic mass is 32.1. The molecule has 0 saturated carbocycles. The van der Waals surface area contributed by atoms with E-state index in [1.165, 1.54) is 11.3 Å². The Morgan fingerprint density at radius 1 is 1.39 bits per heavy atom. The first kappa shape index (κ1) is 14.3. The minimum absolute atomic E-state index is 0.102. The van der Waals surface area contributed by atoms with E-state index in [2.05, 4.69) is 15.5 Å². The van der Waals surface area contributed by atoms with Crippen LogP contribution in [0.3, 0.4) is 0 Å². The highest BCUT2D eigenvalue weighted by molar-refractivity contribution is 7.20. The summed E-state index contributed by atoms with van der Waals surface area (Å²) in [6.45, 7) is 0.967. The van der Waals surface area contributed by atoms with Gasteiger partial charge in [0.15, 0.2) is 5.82 Å². The average Bonchev–Trinajstić information content (AvgIpc) is 3.31. The van der Waals surface area contributed by atoms with E-state index in [0.29, 0.717) is 16.6 Å². The van der Waals surface area contributed by atoms with Crippen molar-refractivity contribution in [2.45, 2.75) is 25.5 Å². The van der Waals surface area contributed by atoms with Gasteiger partial charge in [-0.15, -0.1) is 11.3 Å². The summed E-state index contributed by atoms with van der Waals surface area (Å²) in [7, 11) is 0. The van der Waals surface area contributed by atoms with E-state index >= 15 is 0 Å². The predicted molar refractivity (Wildman–Crippen MR) is 85.2 cm³/mol. The van der Waals surface area contributed by atoms with E-state index in [0.717, 1.165) is 29.5 Å². The normalized spacial score (nSPS) is 17.7. The number of nitrogens with zero attached hydrogens (tertiary/aromatic N) is 2. The number of fused-ring (bicyclic) bond motifs is 1. The molecule has 1 amide bonds. The van der Waals surface area contributed by atoms with E-state index in [1.807, 2.05) is 30.3 Å². The topological polar surface area (TPSA) is 77.2 Å². The molecule has 1 aliphatic heterocycles. The van der Waals surface area contributed by atoms with Gasteiger partial charge < -0.3 is 14.6 Å². The van der Waals surface area contributed by atoms with Crippen molar-refractivity contribution in [2.24, 2.45) is 0 Å². The Kier molecular flexibility index (Phi) is 3.80. The molecule has 1 aromatic carbocycles. The van der Waals surface area contributed by atoms with Gasteiger partial charge in [0.05, 0.1) is 11.4 Å². The Morgan fingerprint density at radius 3 is 3.13 bits per heavy atom. The van der Waals surface area contributed by atoms with Crippen molar-refractivity contribution in [1.29, 1.82) is 0 Å². The first-order valence-electron chi connectivity index (χ1n) is 7.50. The first-order valence-corrected chi connectivity index (χ1v) is 8.32. The highest BCUT2D eigenvalue weighted by Gasteiger charge is 2.24. The van der Waals surface area contributed by atoms with Crippen LogP contribution in [-0.4, -0.2) is 22.7 Å². The smallest absolute Gasteiger partial charge is 0.261 e. The summed E-state index contributed by atoms with van der Waals surface area (Å²) in [5.74, 6) is 0.827. The molecule has 0 bridgehead atoms. The summed E-state index contributed by atoms with van der Waals surface area (Å²) in [5.41, 5.74) is 0. The lowest BCUT2D eigenvalue weighted by Crippen LogP contribution is -2.22. The maximum absolute atomic E-state index is 12.2. The summed E-state index contributed by atoms with van der Waals surface area (Å²) >= 11 is 1.47. The second kappa shape index (κ2) is 6.10. The molecule has 4 rings (SSSR count). The molecule has 1 atom stereocenters. The van der Waals surface area contributed by atoms with Crippen LogP contribution >= 0.6 is 11.3 Å². The molecule has 0 spiro atoms. The molecule has 3 aromatic rings. The van der Waals surface area contributed by atoms with Crippen LogP contribution in [0, 0.1) is 0 Å². The molecule has 0 radical (unpaired) electrons. The van der Waals surface area contributed by atoms with Gasteiger partial charge >= 0.3 is 0 Å².